The molecule has 0 radical (unpaired) electrons. The minimum atomic E-state index is -0.482. The van der Waals surface area contributed by atoms with Crippen molar-refractivity contribution in [3.63, 3.8) is 0 Å². The first kappa shape index (κ1) is 25.3. The van der Waals surface area contributed by atoms with Crippen LogP contribution < -0.4 is 15.0 Å². The molecule has 34 heavy (non-hydrogen) atoms. The Labute approximate surface area is 206 Å². The van der Waals surface area contributed by atoms with Gasteiger partial charge in [-0.05, 0) is 49.4 Å². The number of esters is 1. The summed E-state index contributed by atoms with van der Waals surface area (Å²) < 4.78 is 16.6. The van der Waals surface area contributed by atoms with E-state index in [9.17, 15) is 14.4 Å². The standard InChI is InChI=1S/C14H14ClNO4.C11H9ClO2/c1-3-20-13(18)8-16-12(17)7-4-9-10(15)5-6-11(19-2)14(9)16;1-14-11-5-4-10(12)8-3-2-7(13)6-9(8)11/h4-7H,3,8H2,1-2H3;2-5H,6H2,1H3. The molecule has 3 aromatic rings. The van der Waals surface area contributed by atoms with E-state index in [0.29, 0.717) is 33.1 Å². The number of hydrogen-bond acceptors (Lipinski definition) is 6. The minimum absolute atomic E-state index is 0.0815. The van der Waals surface area contributed by atoms with Crippen LogP contribution in [0.5, 0.6) is 11.5 Å². The molecule has 1 aliphatic carbocycles. The highest BCUT2D eigenvalue weighted by molar-refractivity contribution is 6.35. The fourth-order valence-electron chi connectivity index (χ4n) is 3.59. The smallest absolute Gasteiger partial charge is 0.326 e. The van der Waals surface area contributed by atoms with Gasteiger partial charge in [0.2, 0.25) is 0 Å². The molecule has 0 unspecified atom stereocenters. The number of ketones is 1. The van der Waals surface area contributed by atoms with Crippen molar-refractivity contribution < 1.29 is 23.8 Å². The van der Waals surface area contributed by atoms with Crippen LogP contribution in [0.15, 0.2) is 47.3 Å². The van der Waals surface area contributed by atoms with Crippen LogP contribution in [0.4, 0.5) is 0 Å². The lowest BCUT2D eigenvalue weighted by atomic mass is 9.96. The third kappa shape index (κ3) is 5.43. The summed E-state index contributed by atoms with van der Waals surface area (Å²) in [6, 6.07) is 9.89. The van der Waals surface area contributed by atoms with Gasteiger partial charge in [-0.3, -0.25) is 19.0 Å². The number of rotatable bonds is 5. The van der Waals surface area contributed by atoms with Gasteiger partial charge in [0.1, 0.15) is 18.0 Å². The van der Waals surface area contributed by atoms with Crippen LogP contribution in [0.3, 0.4) is 0 Å². The first-order valence-electron chi connectivity index (χ1n) is 10.4. The van der Waals surface area contributed by atoms with Crippen molar-refractivity contribution in [3.8, 4) is 11.5 Å². The van der Waals surface area contributed by atoms with Crippen LogP contribution in [0.1, 0.15) is 18.1 Å². The number of pyridine rings is 1. The molecule has 9 heteroatoms. The molecule has 0 amide bonds. The number of ether oxygens (including phenoxy) is 3. The lowest BCUT2D eigenvalue weighted by Gasteiger charge is -2.14. The van der Waals surface area contributed by atoms with Crippen molar-refractivity contribution in [2.24, 2.45) is 0 Å². The van der Waals surface area contributed by atoms with Gasteiger partial charge < -0.3 is 14.2 Å². The summed E-state index contributed by atoms with van der Waals surface area (Å²) in [5.74, 6) is 0.802. The summed E-state index contributed by atoms with van der Waals surface area (Å²) in [5, 5.41) is 1.79. The second-order valence-electron chi connectivity index (χ2n) is 7.19. The zero-order valence-electron chi connectivity index (χ0n) is 18.9. The van der Waals surface area contributed by atoms with Crippen LogP contribution in [-0.4, -0.2) is 37.1 Å². The molecular weight excluding hydrogens is 481 g/mol. The molecule has 0 fully saturated rings. The third-order valence-electron chi connectivity index (χ3n) is 5.14. The van der Waals surface area contributed by atoms with Gasteiger partial charge in [-0.1, -0.05) is 23.2 Å². The molecule has 1 aromatic heterocycles. The van der Waals surface area contributed by atoms with Gasteiger partial charge in [-0.15, -0.1) is 0 Å². The number of benzene rings is 2. The number of carbonyl (C=O) groups excluding carboxylic acids is 2. The zero-order chi connectivity index (χ0) is 24.8. The highest BCUT2D eigenvalue weighted by Gasteiger charge is 2.17. The Bertz CT molecular complexity index is 1330. The number of nitrogens with zero attached hydrogens (tertiary/aromatic N) is 1. The molecule has 0 aliphatic heterocycles. The summed E-state index contributed by atoms with van der Waals surface area (Å²) in [7, 11) is 3.08. The van der Waals surface area contributed by atoms with E-state index >= 15 is 0 Å². The third-order valence-corrected chi connectivity index (χ3v) is 5.79. The summed E-state index contributed by atoms with van der Waals surface area (Å²) in [6.45, 7) is 1.79. The molecule has 1 heterocycles. The van der Waals surface area contributed by atoms with Gasteiger partial charge in [0, 0.05) is 34.0 Å². The van der Waals surface area contributed by atoms with Gasteiger partial charge in [-0.25, -0.2) is 0 Å². The van der Waals surface area contributed by atoms with Gasteiger partial charge in [0.05, 0.1) is 31.4 Å². The van der Waals surface area contributed by atoms with Crippen LogP contribution in [0, 0.1) is 0 Å². The number of aromatic nitrogens is 1. The summed E-state index contributed by atoms with van der Waals surface area (Å²) in [6.07, 6.45) is 3.66. The molecule has 178 valence electrons. The molecule has 0 atom stereocenters. The number of carbonyl (C=O) groups is 2. The van der Waals surface area contributed by atoms with Gasteiger partial charge in [-0.2, -0.15) is 0 Å². The summed E-state index contributed by atoms with van der Waals surface area (Å²) >= 11 is 12.1. The SMILES string of the molecule is CCOC(=O)Cn1c(=O)ccc2c(Cl)ccc(OC)c21.COc1ccc(Cl)c2c1CC(=O)C=C2. The predicted octanol–water partition coefficient (Wildman–Crippen LogP) is 4.71. The first-order chi connectivity index (χ1) is 16.3. The Morgan fingerprint density at radius 1 is 0.941 bits per heavy atom. The average Bonchev–Trinajstić information content (AvgIpc) is 2.82. The number of hydrogen-bond donors (Lipinski definition) is 0. The van der Waals surface area contributed by atoms with Crippen molar-refractivity contribution >= 4 is 51.9 Å². The molecule has 0 bridgehead atoms. The summed E-state index contributed by atoms with van der Waals surface area (Å²) in [4.78, 5) is 34.9. The van der Waals surface area contributed by atoms with Crippen molar-refractivity contribution in [2.75, 3.05) is 20.8 Å². The molecule has 7 nitrogen and oxygen atoms in total. The first-order valence-corrected chi connectivity index (χ1v) is 11.1. The number of allylic oxidation sites excluding steroid dienone is 1. The lowest BCUT2D eigenvalue weighted by molar-refractivity contribution is -0.143. The Morgan fingerprint density at radius 2 is 1.62 bits per heavy atom. The fraction of sp³-hybridized carbons (Fsp3) is 0.240. The van der Waals surface area contributed by atoms with E-state index in [1.807, 2.05) is 0 Å². The Balaban J connectivity index is 0.000000202. The van der Waals surface area contributed by atoms with Crippen molar-refractivity contribution in [1.82, 2.24) is 4.57 Å². The largest absolute Gasteiger partial charge is 0.496 e. The maximum absolute atomic E-state index is 12.0. The quantitative estimate of drug-likeness (QED) is 0.468. The topological polar surface area (TPSA) is 83.8 Å². The van der Waals surface area contributed by atoms with Crippen molar-refractivity contribution in [1.29, 1.82) is 0 Å². The minimum Gasteiger partial charge on any atom is -0.496 e. The zero-order valence-corrected chi connectivity index (χ0v) is 20.4. The van der Waals surface area contributed by atoms with Crippen LogP contribution >= 0.6 is 23.2 Å². The molecule has 0 saturated carbocycles. The molecule has 1 aliphatic rings. The molecule has 0 spiro atoms. The van der Waals surface area contributed by atoms with Crippen LogP contribution in [0.25, 0.3) is 17.0 Å². The maximum Gasteiger partial charge on any atom is 0.326 e. The Morgan fingerprint density at radius 3 is 2.29 bits per heavy atom. The second-order valence-corrected chi connectivity index (χ2v) is 8.01. The van der Waals surface area contributed by atoms with Crippen LogP contribution in [-0.2, 0) is 27.3 Å². The molecular formula is C25H23Cl2NO6. The van der Waals surface area contributed by atoms with E-state index in [1.54, 1.807) is 56.5 Å². The molecule has 2 aromatic carbocycles. The highest BCUT2D eigenvalue weighted by atomic mass is 35.5. The van der Waals surface area contributed by atoms with Gasteiger partial charge in [0.25, 0.3) is 5.56 Å². The van der Waals surface area contributed by atoms with Crippen molar-refractivity contribution in [2.45, 2.75) is 19.9 Å². The Kier molecular flexibility index (Phi) is 8.36. The monoisotopic (exact) mass is 503 g/mol. The Hall–Kier alpha value is -3.29. The van der Waals surface area contributed by atoms with Gasteiger partial charge in [0.15, 0.2) is 5.78 Å². The lowest BCUT2D eigenvalue weighted by Crippen LogP contribution is -2.25. The number of fused-ring (bicyclic) bond motifs is 2. The fourth-order valence-corrected chi connectivity index (χ4v) is 4.05. The average molecular weight is 504 g/mol. The maximum atomic E-state index is 12.0. The number of halogens is 2. The molecule has 0 N–H and O–H groups in total. The molecule has 4 rings (SSSR count). The summed E-state index contributed by atoms with van der Waals surface area (Å²) in [5.41, 5.74) is 1.95. The van der Waals surface area contributed by atoms with E-state index in [2.05, 4.69) is 0 Å². The van der Waals surface area contributed by atoms with E-state index in [0.717, 1.165) is 16.9 Å². The van der Waals surface area contributed by atoms with Gasteiger partial charge >= 0.3 is 5.97 Å². The van der Waals surface area contributed by atoms with E-state index < -0.39 is 5.97 Å². The second kappa shape index (κ2) is 11.2. The van der Waals surface area contributed by atoms with E-state index in [-0.39, 0.29) is 24.5 Å². The van der Waals surface area contributed by atoms with E-state index in [4.69, 9.17) is 37.4 Å². The molecule has 0 saturated heterocycles. The number of methoxy groups -OCH3 is 2. The highest BCUT2D eigenvalue weighted by Crippen LogP contribution is 2.33. The predicted molar refractivity (Wildman–Crippen MR) is 132 cm³/mol. The van der Waals surface area contributed by atoms with Crippen molar-refractivity contribution in [3.05, 3.63) is 74.0 Å². The van der Waals surface area contributed by atoms with E-state index in [1.165, 1.54) is 17.7 Å². The van der Waals surface area contributed by atoms with Crippen LogP contribution in [0.2, 0.25) is 10.0 Å². The normalized spacial score (nSPS) is 12.0.